The van der Waals surface area contributed by atoms with E-state index in [0.29, 0.717) is 11.6 Å². The molecule has 128 valence electrons. The smallest absolute Gasteiger partial charge is 0.256 e. The van der Waals surface area contributed by atoms with E-state index in [1.807, 2.05) is 50.2 Å². The highest BCUT2D eigenvalue weighted by Gasteiger charge is 2.16. The van der Waals surface area contributed by atoms with E-state index in [0.717, 1.165) is 17.0 Å². The molecule has 7 nitrogen and oxygen atoms in total. The fourth-order valence-electron chi connectivity index (χ4n) is 2.61. The Morgan fingerprint density at radius 2 is 1.88 bits per heavy atom. The van der Waals surface area contributed by atoms with Crippen molar-refractivity contribution in [2.75, 3.05) is 7.05 Å². The second kappa shape index (κ2) is 6.72. The van der Waals surface area contributed by atoms with E-state index in [-0.39, 0.29) is 18.0 Å². The SMILES string of the molecule is CNC(=O)Cn1c(-n2nc(C)cc2C)nc(-c2ccccc2)cc1=O. The molecule has 0 aliphatic heterocycles. The van der Waals surface area contributed by atoms with Crippen molar-refractivity contribution < 1.29 is 4.79 Å². The largest absolute Gasteiger partial charge is 0.358 e. The van der Waals surface area contributed by atoms with Crippen LogP contribution in [0.4, 0.5) is 0 Å². The molecule has 1 amide bonds. The number of carbonyl (C=O) groups excluding carboxylic acids is 1. The van der Waals surface area contributed by atoms with Crippen molar-refractivity contribution in [2.45, 2.75) is 20.4 Å². The number of benzene rings is 1. The van der Waals surface area contributed by atoms with Gasteiger partial charge in [0.2, 0.25) is 11.9 Å². The minimum absolute atomic E-state index is 0.120. The third-order valence-corrected chi connectivity index (χ3v) is 3.84. The predicted molar refractivity (Wildman–Crippen MR) is 94.6 cm³/mol. The van der Waals surface area contributed by atoms with E-state index < -0.39 is 0 Å². The van der Waals surface area contributed by atoms with Crippen LogP contribution in [0.1, 0.15) is 11.4 Å². The molecular weight excluding hydrogens is 318 g/mol. The Hall–Kier alpha value is -3.22. The van der Waals surface area contributed by atoms with Gasteiger partial charge in [-0.3, -0.25) is 14.2 Å². The van der Waals surface area contributed by atoms with Gasteiger partial charge in [0.05, 0.1) is 11.4 Å². The number of nitrogens with one attached hydrogen (secondary N) is 1. The number of aromatic nitrogens is 4. The first-order chi connectivity index (χ1) is 12.0. The van der Waals surface area contributed by atoms with Gasteiger partial charge in [-0.05, 0) is 19.9 Å². The van der Waals surface area contributed by atoms with E-state index in [2.05, 4.69) is 15.4 Å². The van der Waals surface area contributed by atoms with Gasteiger partial charge >= 0.3 is 0 Å². The Labute approximate surface area is 144 Å². The maximum absolute atomic E-state index is 12.7. The third kappa shape index (κ3) is 3.35. The van der Waals surface area contributed by atoms with Crippen molar-refractivity contribution in [3.63, 3.8) is 0 Å². The Bertz CT molecular complexity index is 973. The predicted octanol–water partition coefficient (Wildman–Crippen LogP) is 1.46. The minimum atomic E-state index is -0.306. The van der Waals surface area contributed by atoms with Gasteiger partial charge in [0.25, 0.3) is 5.56 Å². The molecule has 25 heavy (non-hydrogen) atoms. The van der Waals surface area contributed by atoms with Gasteiger partial charge in [-0.25, -0.2) is 9.67 Å². The number of hydrogen-bond donors (Lipinski definition) is 1. The van der Waals surface area contributed by atoms with Crippen LogP contribution in [-0.2, 0) is 11.3 Å². The summed E-state index contributed by atoms with van der Waals surface area (Å²) in [4.78, 5) is 29.1. The number of amides is 1. The zero-order valence-corrected chi connectivity index (χ0v) is 14.4. The van der Waals surface area contributed by atoms with Crippen molar-refractivity contribution in [3.05, 3.63) is 64.2 Å². The number of nitrogens with zero attached hydrogens (tertiary/aromatic N) is 4. The molecular formula is C18H19N5O2. The van der Waals surface area contributed by atoms with Crippen LogP contribution in [0, 0.1) is 13.8 Å². The molecule has 0 atom stereocenters. The fourth-order valence-corrected chi connectivity index (χ4v) is 2.61. The Kier molecular flexibility index (Phi) is 4.47. The maximum Gasteiger partial charge on any atom is 0.256 e. The van der Waals surface area contributed by atoms with Crippen LogP contribution >= 0.6 is 0 Å². The molecule has 1 N–H and O–H groups in total. The van der Waals surface area contributed by atoms with Crippen LogP contribution < -0.4 is 10.9 Å². The first-order valence-corrected chi connectivity index (χ1v) is 7.91. The molecule has 0 fully saturated rings. The molecule has 0 saturated carbocycles. The molecule has 0 aliphatic carbocycles. The molecule has 2 aromatic heterocycles. The molecule has 1 aromatic carbocycles. The Morgan fingerprint density at radius 3 is 2.48 bits per heavy atom. The highest BCUT2D eigenvalue weighted by atomic mass is 16.2. The monoisotopic (exact) mass is 337 g/mol. The highest BCUT2D eigenvalue weighted by molar-refractivity contribution is 5.75. The molecule has 7 heteroatoms. The zero-order valence-electron chi connectivity index (χ0n) is 14.4. The summed E-state index contributed by atoms with van der Waals surface area (Å²) in [5, 5.41) is 6.94. The second-order valence-corrected chi connectivity index (χ2v) is 5.74. The van der Waals surface area contributed by atoms with E-state index in [1.54, 1.807) is 4.68 Å². The summed E-state index contributed by atoms with van der Waals surface area (Å²) in [5.74, 6) is 0.0414. The zero-order chi connectivity index (χ0) is 18.0. The number of aryl methyl sites for hydroxylation is 2. The lowest BCUT2D eigenvalue weighted by molar-refractivity contribution is -0.121. The first-order valence-electron chi connectivity index (χ1n) is 7.91. The molecule has 0 bridgehead atoms. The minimum Gasteiger partial charge on any atom is -0.358 e. The molecule has 2 heterocycles. The van der Waals surface area contributed by atoms with Gasteiger partial charge in [0.1, 0.15) is 6.54 Å². The molecule has 0 unspecified atom stereocenters. The summed E-state index contributed by atoms with van der Waals surface area (Å²) >= 11 is 0. The number of carbonyl (C=O) groups is 1. The number of hydrogen-bond acceptors (Lipinski definition) is 4. The lowest BCUT2D eigenvalue weighted by Crippen LogP contribution is -2.33. The average Bonchev–Trinajstić information content (AvgIpc) is 2.95. The second-order valence-electron chi connectivity index (χ2n) is 5.74. The van der Waals surface area contributed by atoms with E-state index in [1.165, 1.54) is 17.7 Å². The van der Waals surface area contributed by atoms with Crippen LogP contribution in [0.15, 0.2) is 47.3 Å². The standard InChI is InChI=1S/C18H19N5O2/c1-12-9-13(2)23(21-12)18-20-15(14-7-5-4-6-8-14)10-17(25)22(18)11-16(24)19-3/h4-10H,11H2,1-3H3,(H,19,24). The van der Waals surface area contributed by atoms with Gasteiger partial charge in [-0.2, -0.15) is 5.10 Å². The van der Waals surface area contributed by atoms with E-state index in [9.17, 15) is 9.59 Å². The van der Waals surface area contributed by atoms with Gasteiger partial charge in [0, 0.05) is 24.4 Å². The van der Waals surface area contributed by atoms with Crippen molar-refractivity contribution in [1.29, 1.82) is 0 Å². The highest BCUT2D eigenvalue weighted by Crippen LogP contribution is 2.17. The quantitative estimate of drug-likeness (QED) is 0.781. The Morgan fingerprint density at radius 1 is 1.16 bits per heavy atom. The van der Waals surface area contributed by atoms with Gasteiger partial charge in [-0.15, -0.1) is 0 Å². The Balaban J connectivity index is 2.24. The summed E-state index contributed by atoms with van der Waals surface area (Å²) in [6.45, 7) is 3.63. The molecule has 0 saturated heterocycles. The van der Waals surface area contributed by atoms with E-state index >= 15 is 0 Å². The van der Waals surface area contributed by atoms with Crippen LogP contribution in [0.2, 0.25) is 0 Å². The molecule has 0 aliphatic rings. The summed E-state index contributed by atoms with van der Waals surface area (Å²) in [7, 11) is 1.53. The van der Waals surface area contributed by atoms with Crippen molar-refractivity contribution >= 4 is 5.91 Å². The molecule has 3 aromatic rings. The van der Waals surface area contributed by atoms with Crippen LogP contribution in [-0.4, -0.2) is 32.3 Å². The van der Waals surface area contributed by atoms with Crippen molar-refractivity contribution in [1.82, 2.24) is 24.6 Å². The van der Waals surface area contributed by atoms with Crippen LogP contribution in [0.25, 0.3) is 17.2 Å². The summed E-state index contributed by atoms with van der Waals surface area (Å²) in [6, 6.07) is 12.8. The first kappa shape index (κ1) is 16.6. The average molecular weight is 337 g/mol. The lowest BCUT2D eigenvalue weighted by atomic mass is 10.1. The molecule has 0 spiro atoms. The normalized spacial score (nSPS) is 10.7. The van der Waals surface area contributed by atoms with Crippen LogP contribution in [0.5, 0.6) is 0 Å². The fraction of sp³-hybridized carbons (Fsp3) is 0.222. The van der Waals surface area contributed by atoms with Crippen molar-refractivity contribution in [3.8, 4) is 17.2 Å². The summed E-state index contributed by atoms with van der Waals surface area (Å²) < 4.78 is 2.91. The summed E-state index contributed by atoms with van der Waals surface area (Å²) in [6.07, 6.45) is 0. The topological polar surface area (TPSA) is 81.8 Å². The van der Waals surface area contributed by atoms with Gasteiger partial charge in [0.15, 0.2) is 0 Å². The third-order valence-electron chi connectivity index (χ3n) is 3.84. The number of rotatable bonds is 4. The molecule has 3 rings (SSSR count). The van der Waals surface area contributed by atoms with Gasteiger partial charge in [-0.1, -0.05) is 30.3 Å². The van der Waals surface area contributed by atoms with Crippen molar-refractivity contribution in [2.24, 2.45) is 0 Å². The molecule has 0 radical (unpaired) electrons. The number of likely N-dealkylation sites (N-methyl/N-ethyl adjacent to an activating group) is 1. The lowest BCUT2D eigenvalue weighted by Gasteiger charge is -2.14. The van der Waals surface area contributed by atoms with Gasteiger partial charge < -0.3 is 5.32 Å². The maximum atomic E-state index is 12.7. The summed E-state index contributed by atoms with van der Waals surface area (Å²) in [5.41, 5.74) is 2.71. The van der Waals surface area contributed by atoms with Crippen LogP contribution in [0.3, 0.4) is 0 Å². The van der Waals surface area contributed by atoms with E-state index in [4.69, 9.17) is 0 Å².